The van der Waals surface area contributed by atoms with Crippen molar-refractivity contribution >= 4 is 0 Å². The summed E-state index contributed by atoms with van der Waals surface area (Å²) in [5, 5.41) is 2.94. The van der Waals surface area contributed by atoms with Gasteiger partial charge in [-0.05, 0) is 26.3 Å². The molecule has 0 amide bonds. The van der Waals surface area contributed by atoms with Crippen LogP contribution in [-0.4, -0.2) is 18.7 Å². The molecule has 0 spiro atoms. The van der Waals surface area contributed by atoms with Gasteiger partial charge < -0.3 is 10.1 Å². The number of halogens is 5. The average Bonchev–Trinajstić information content (AvgIpc) is 2.40. The first kappa shape index (κ1) is 14.0. The van der Waals surface area contributed by atoms with Crippen LogP contribution in [0.2, 0.25) is 0 Å². The molecule has 0 bridgehead atoms. The summed E-state index contributed by atoms with van der Waals surface area (Å²) in [5.74, 6) is -11.3. The number of hydrogen-bond donors (Lipinski definition) is 1. The summed E-state index contributed by atoms with van der Waals surface area (Å²) in [6, 6.07) is 0. The first-order valence-electron chi connectivity index (χ1n) is 5.77. The van der Waals surface area contributed by atoms with Crippen LogP contribution in [0.3, 0.4) is 0 Å². The highest BCUT2D eigenvalue weighted by atomic mass is 19.2. The smallest absolute Gasteiger partial charge is 0.207 e. The van der Waals surface area contributed by atoms with Crippen LogP contribution in [0.4, 0.5) is 22.0 Å². The van der Waals surface area contributed by atoms with Gasteiger partial charge in [-0.1, -0.05) is 0 Å². The van der Waals surface area contributed by atoms with E-state index in [1.807, 2.05) is 0 Å². The third-order valence-corrected chi connectivity index (χ3v) is 3.08. The fourth-order valence-electron chi connectivity index (χ4n) is 2.04. The fraction of sp³-hybridized carbons (Fsp3) is 0.500. The maximum Gasteiger partial charge on any atom is 0.207 e. The molecular weight excluding hydrogens is 269 g/mol. The normalized spacial score (nSPS) is 23.5. The zero-order valence-corrected chi connectivity index (χ0v) is 10.1. The second-order valence-corrected chi connectivity index (χ2v) is 4.73. The summed E-state index contributed by atoms with van der Waals surface area (Å²) in [4.78, 5) is 0. The van der Waals surface area contributed by atoms with Gasteiger partial charge in [0.15, 0.2) is 5.75 Å². The van der Waals surface area contributed by atoms with Crippen LogP contribution in [-0.2, 0) is 0 Å². The number of ether oxygens (including phenoxy) is 1. The van der Waals surface area contributed by atoms with Crippen LogP contribution in [0.1, 0.15) is 19.8 Å². The molecule has 1 aliphatic heterocycles. The van der Waals surface area contributed by atoms with Crippen LogP contribution < -0.4 is 10.1 Å². The Morgan fingerprint density at radius 1 is 0.947 bits per heavy atom. The molecule has 0 aliphatic carbocycles. The Morgan fingerprint density at radius 2 is 1.47 bits per heavy atom. The maximum atomic E-state index is 13.5. The highest BCUT2D eigenvalue weighted by Gasteiger charge is 2.34. The molecule has 1 unspecified atom stereocenters. The molecule has 2 rings (SSSR count). The SMILES string of the molecule is CC1(Oc2c(F)c(F)c(F)c(F)c2F)CCCNC1. The highest BCUT2D eigenvalue weighted by molar-refractivity contribution is 5.30. The molecular formula is C12H12F5NO. The second kappa shape index (κ2) is 4.96. The van der Waals surface area contributed by atoms with Crippen molar-refractivity contribution in [3.8, 4) is 5.75 Å². The quantitative estimate of drug-likeness (QED) is 0.511. The number of benzene rings is 1. The van der Waals surface area contributed by atoms with E-state index in [1.54, 1.807) is 6.92 Å². The third-order valence-electron chi connectivity index (χ3n) is 3.08. The van der Waals surface area contributed by atoms with Gasteiger partial charge >= 0.3 is 0 Å². The zero-order chi connectivity index (χ0) is 14.2. The number of rotatable bonds is 2. The van der Waals surface area contributed by atoms with Crippen LogP contribution in [0.5, 0.6) is 5.75 Å². The van der Waals surface area contributed by atoms with Crippen molar-refractivity contribution in [2.24, 2.45) is 0 Å². The lowest BCUT2D eigenvalue weighted by molar-refractivity contribution is 0.0503. The van der Waals surface area contributed by atoms with Gasteiger partial charge in [-0.25, -0.2) is 13.2 Å². The van der Waals surface area contributed by atoms with Crippen molar-refractivity contribution in [3.05, 3.63) is 29.1 Å². The summed E-state index contributed by atoms with van der Waals surface area (Å²) < 4.78 is 70.9. The zero-order valence-electron chi connectivity index (χ0n) is 10.1. The van der Waals surface area contributed by atoms with E-state index in [4.69, 9.17) is 4.74 Å². The van der Waals surface area contributed by atoms with Gasteiger partial charge in [0, 0.05) is 6.54 Å². The molecule has 1 atom stereocenters. The Labute approximate surface area is 106 Å². The third kappa shape index (κ3) is 2.51. The van der Waals surface area contributed by atoms with E-state index in [1.165, 1.54) is 0 Å². The van der Waals surface area contributed by atoms with Crippen molar-refractivity contribution in [2.75, 3.05) is 13.1 Å². The Bertz CT molecular complexity index is 470. The van der Waals surface area contributed by atoms with Gasteiger partial charge in [-0.3, -0.25) is 0 Å². The molecule has 1 fully saturated rings. The van der Waals surface area contributed by atoms with Crippen LogP contribution in [0.15, 0.2) is 0 Å². The average molecular weight is 281 g/mol. The largest absolute Gasteiger partial charge is 0.480 e. The minimum Gasteiger partial charge on any atom is -0.480 e. The lowest BCUT2D eigenvalue weighted by atomic mass is 9.96. The Hall–Kier alpha value is -1.37. The molecule has 0 radical (unpaired) electrons. The van der Waals surface area contributed by atoms with Crippen molar-refractivity contribution in [3.63, 3.8) is 0 Å². The van der Waals surface area contributed by atoms with Crippen molar-refractivity contribution < 1.29 is 26.7 Å². The second-order valence-electron chi connectivity index (χ2n) is 4.73. The number of hydrogen-bond acceptors (Lipinski definition) is 2. The van der Waals surface area contributed by atoms with Gasteiger partial charge in [0.25, 0.3) is 0 Å². The summed E-state index contributed by atoms with van der Waals surface area (Å²) in [6.07, 6.45) is 1.14. The van der Waals surface area contributed by atoms with E-state index >= 15 is 0 Å². The highest BCUT2D eigenvalue weighted by Crippen LogP contribution is 2.33. The predicted molar refractivity (Wildman–Crippen MR) is 57.4 cm³/mol. The molecule has 106 valence electrons. The van der Waals surface area contributed by atoms with Gasteiger partial charge in [0.2, 0.25) is 29.1 Å². The van der Waals surface area contributed by atoms with Gasteiger partial charge in [-0.2, -0.15) is 8.78 Å². The van der Waals surface area contributed by atoms with E-state index in [0.717, 1.165) is 6.54 Å². The number of nitrogens with one attached hydrogen (secondary N) is 1. The van der Waals surface area contributed by atoms with Crippen LogP contribution >= 0.6 is 0 Å². The maximum absolute atomic E-state index is 13.5. The fourth-order valence-corrected chi connectivity index (χ4v) is 2.04. The monoisotopic (exact) mass is 281 g/mol. The molecule has 7 heteroatoms. The summed E-state index contributed by atoms with van der Waals surface area (Å²) in [7, 11) is 0. The van der Waals surface area contributed by atoms with E-state index < -0.39 is 40.4 Å². The van der Waals surface area contributed by atoms with E-state index in [2.05, 4.69) is 5.32 Å². The van der Waals surface area contributed by atoms with Gasteiger partial charge in [0.1, 0.15) is 5.60 Å². The van der Waals surface area contributed by atoms with Gasteiger partial charge in [-0.15, -0.1) is 0 Å². The molecule has 1 saturated heterocycles. The van der Waals surface area contributed by atoms with E-state index in [9.17, 15) is 22.0 Å². The van der Waals surface area contributed by atoms with Crippen LogP contribution in [0.25, 0.3) is 0 Å². The Morgan fingerprint density at radius 3 is 1.95 bits per heavy atom. The molecule has 1 aromatic carbocycles. The molecule has 1 N–H and O–H groups in total. The Balaban J connectivity index is 2.40. The van der Waals surface area contributed by atoms with Crippen molar-refractivity contribution in [2.45, 2.75) is 25.4 Å². The summed E-state index contributed by atoms with van der Waals surface area (Å²) in [5.41, 5.74) is -1.00. The van der Waals surface area contributed by atoms with Crippen LogP contribution in [0, 0.1) is 29.1 Å². The lowest BCUT2D eigenvalue weighted by Gasteiger charge is -2.34. The standard InChI is InChI=1S/C12H12F5NO/c1-12(3-2-4-18-5-12)19-11-9(16)7(14)6(13)8(15)10(11)17/h18H,2-5H2,1H3. The molecule has 1 aromatic rings. The number of piperidine rings is 1. The molecule has 1 aliphatic rings. The minimum absolute atomic E-state index is 0.270. The van der Waals surface area contributed by atoms with Crippen molar-refractivity contribution in [1.82, 2.24) is 5.32 Å². The topological polar surface area (TPSA) is 21.3 Å². The Kier molecular flexibility index (Phi) is 3.66. The van der Waals surface area contributed by atoms with Gasteiger partial charge in [0.05, 0.1) is 0 Å². The lowest BCUT2D eigenvalue weighted by Crippen LogP contribution is -2.47. The van der Waals surface area contributed by atoms with E-state index in [-0.39, 0.29) is 6.54 Å². The summed E-state index contributed by atoms with van der Waals surface area (Å²) in [6.45, 7) is 2.54. The first-order chi connectivity index (χ1) is 8.86. The first-order valence-corrected chi connectivity index (χ1v) is 5.77. The molecule has 0 aromatic heterocycles. The summed E-state index contributed by atoms with van der Waals surface area (Å²) >= 11 is 0. The molecule has 19 heavy (non-hydrogen) atoms. The van der Waals surface area contributed by atoms with E-state index in [0.29, 0.717) is 12.8 Å². The predicted octanol–water partition coefficient (Wildman–Crippen LogP) is 2.90. The molecule has 0 saturated carbocycles. The molecule has 1 heterocycles. The van der Waals surface area contributed by atoms with Crippen molar-refractivity contribution in [1.29, 1.82) is 0 Å². The minimum atomic E-state index is -2.19. The molecule has 2 nitrogen and oxygen atoms in total.